The van der Waals surface area contributed by atoms with Crippen LogP contribution in [0.25, 0.3) is 10.8 Å². The van der Waals surface area contributed by atoms with E-state index in [1.54, 1.807) is 0 Å². The number of carbonyl (C=O) groups excluding carboxylic acids is 2. The van der Waals surface area contributed by atoms with Gasteiger partial charge in [-0.25, -0.2) is 0 Å². The normalized spacial score (nSPS) is 14.6. The maximum atomic E-state index is 13.5. The van der Waals surface area contributed by atoms with Gasteiger partial charge in [-0.05, 0) is 66.5 Å². The lowest BCUT2D eigenvalue weighted by Crippen LogP contribution is -2.58. The fourth-order valence-corrected chi connectivity index (χ4v) is 5.72. The van der Waals surface area contributed by atoms with Crippen molar-refractivity contribution in [1.82, 2.24) is 21.3 Å². The van der Waals surface area contributed by atoms with Crippen LogP contribution in [0, 0.1) is 5.92 Å². The van der Waals surface area contributed by atoms with Crippen LogP contribution in [0.1, 0.15) is 50.7 Å². The summed E-state index contributed by atoms with van der Waals surface area (Å²) < 4.78 is 0. The summed E-state index contributed by atoms with van der Waals surface area (Å²) >= 11 is 0. The molecule has 0 saturated carbocycles. The Bertz CT molecular complexity index is 1420. The van der Waals surface area contributed by atoms with Crippen LogP contribution in [0.15, 0.2) is 72.8 Å². The minimum Gasteiger partial charge on any atom is -0.480 e. The Morgan fingerprint density at radius 3 is 2.08 bits per heavy atom. The minimum atomic E-state index is -1.20. The number of nitrogens with one attached hydrogen (secondary N) is 4. The molecule has 262 valence electrons. The first-order valence-corrected chi connectivity index (χ1v) is 17.0. The molecule has 0 radical (unpaired) electrons. The summed E-state index contributed by atoms with van der Waals surface area (Å²) in [7, 11) is 0. The van der Waals surface area contributed by atoms with Crippen LogP contribution in [0.4, 0.5) is 0 Å². The van der Waals surface area contributed by atoms with Crippen molar-refractivity contribution in [1.29, 1.82) is 0 Å². The minimum absolute atomic E-state index is 0.161. The highest BCUT2D eigenvalue weighted by Gasteiger charge is 2.28. The van der Waals surface area contributed by atoms with Crippen molar-refractivity contribution in [2.45, 2.75) is 82.6 Å². The molecule has 5 atom stereocenters. The van der Waals surface area contributed by atoms with Crippen LogP contribution in [-0.4, -0.2) is 84.4 Å². The summed E-state index contributed by atoms with van der Waals surface area (Å²) in [6.07, 6.45) is 3.40. The lowest BCUT2D eigenvalue weighted by atomic mass is 10.0. The number of hydrogen-bond acceptors (Lipinski definition) is 8. The van der Waals surface area contributed by atoms with Crippen LogP contribution in [0.3, 0.4) is 0 Å². The Labute approximate surface area is 284 Å². The topological polar surface area (TPSA) is 192 Å². The molecule has 0 saturated heterocycles. The Hall–Kier alpha value is -3.87. The Morgan fingerprint density at radius 1 is 0.750 bits per heavy atom. The monoisotopic (exact) mass is 662 g/mol. The number of aliphatic carboxylic acids is 1. The predicted octanol–water partition coefficient (Wildman–Crippen LogP) is 2.09. The lowest BCUT2D eigenvalue weighted by molar-refractivity contribution is -0.140. The van der Waals surface area contributed by atoms with Gasteiger partial charge in [0.15, 0.2) is 0 Å². The van der Waals surface area contributed by atoms with E-state index >= 15 is 0 Å². The van der Waals surface area contributed by atoms with Gasteiger partial charge >= 0.3 is 5.97 Å². The second-order valence-electron chi connectivity index (χ2n) is 13.0. The van der Waals surface area contributed by atoms with Gasteiger partial charge in [-0.15, -0.1) is 0 Å². The van der Waals surface area contributed by atoms with E-state index in [4.69, 9.17) is 11.5 Å². The number of fused-ring (bicyclic) bond motifs is 1. The summed E-state index contributed by atoms with van der Waals surface area (Å²) in [6.45, 7) is 4.35. The van der Waals surface area contributed by atoms with Gasteiger partial charge < -0.3 is 42.9 Å². The maximum Gasteiger partial charge on any atom is 0.320 e. The molecular formula is C37H54N6O5. The fraction of sp³-hybridized carbons (Fsp3) is 0.486. The SMILES string of the molecule is CC(C)CC(NCC(Cc1ccccc1)NC(=O)C(CO)NC(=O)C(CCCCN)NCC(N)Cc1ccc2ccccc2c1)C(=O)O. The molecule has 0 aliphatic carbocycles. The van der Waals surface area contributed by atoms with Gasteiger partial charge in [-0.2, -0.15) is 0 Å². The largest absolute Gasteiger partial charge is 0.480 e. The summed E-state index contributed by atoms with van der Waals surface area (Å²) in [4.78, 5) is 38.8. The quantitative estimate of drug-likeness (QED) is 0.0745. The number of carboxylic acid groups (broad SMARTS) is 1. The molecule has 3 aromatic carbocycles. The van der Waals surface area contributed by atoms with E-state index in [0.29, 0.717) is 45.2 Å². The molecule has 0 bridgehead atoms. The van der Waals surface area contributed by atoms with Gasteiger partial charge in [-0.3, -0.25) is 14.4 Å². The molecule has 11 heteroatoms. The number of hydrogen-bond donors (Lipinski definition) is 8. The molecule has 0 aromatic heterocycles. The second-order valence-corrected chi connectivity index (χ2v) is 13.0. The van der Waals surface area contributed by atoms with Crippen molar-refractivity contribution in [2.24, 2.45) is 17.4 Å². The number of unbranched alkanes of at least 4 members (excludes halogenated alkanes) is 1. The van der Waals surface area contributed by atoms with Crippen molar-refractivity contribution in [3.63, 3.8) is 0 Å². The van der Waals surface area contributed by atoms with Crippen molar-refractivity contribution < 1.29 is 24.6 Å². The summed E-state index contributed by atoms with van der Waals surface area (Å²) in [5.41, 5.74) is 14.2. The smallest absolute Gasteiger partial charge is 0.320 e. The van der Waals surface area contributed by atoms with Crippen LogP contribution >= 0.6 is 0 Å². The number of amides is 2. The van der Waals surface area contributed by atoms with Crippen LogP contribution in [0.2, 0.25) is 0 Å². The molecule has 11 nitrogen and oxygen atoms in total. The maximum absolute atomic E-state index is 13.5. The lowest BCUT2D eigenvalue weighted by Gasteiger charge is -2.27. The van der Waals surface area contributed by atoms with Gasteiger partial charge in [0.2, 0.25) is 11.8 Å². The predicted molar refractivity (Wildman–Crippen MR) is 190 cm³/mol. The van der Waals surface area contributed by atoms with Gasteiger partial charge in [0.25, 0.3) is 0 Å². The number of carboxylic acids is 1. The average molecular weight is 663 g/mol. The third-order valence-electron chi connectivity index (χ3n) is 8.30. The zero-order valence-electron chi connectivity index (χ0n) is 28.2. The van der Waals surface area contributed by atoms with Crippen molar-refractivity contribution in [2.75, 3.05) is 26.2 Å². The first-order chi connectivity index (χ1) is 23.1. The molecule has 0 spiro atoms. The van der Waals surface area contributed by atoms with Gasteiger partial charge in [0.1, 0.15) is 12.1 Å². The molecule has 48 heavy (non-hydrogen) atoms. The number of aliphatic hydroxyl groups excluding tert-OH is 1. The zero-order chi connectivity index (χ0) is 34.9. The highest BCUT2D eigenvalue weighted by molar-refractivity contribution is 5.90. The third kappa shape index (κ3) is 13.3. The first kappa shape index (κ1) is 38.6. The molecule has 10 N–H and O–H groups in total. The number of carbonyl (C=O) groups is 3. The molecule has 2 amide bonds. The summed E-state index contributed by atoms with van der Waals surface area (Å²) in [5.74, 6) is -1.77. The molecule has 3 aromatic rings. The molecule has 0 aliphatic rings. The molecule has 5 unspecified atom stereocenters. The standard InChI is InChI=1S/C37H54N6O5/c1-25(2)18-33(37(47)48)41-23-31(21-26-10-4-3-5-11-26)42-36(46)34(24-44)43-35(45)32(14-8-9-17-38)40-22-30(39)20-27-15-16-28-12-6-7-13-29(28)19-27/h3-7,10-13,15-16,19,25,30-34,40-41,44H,8-9,14,17-18,20-24,38-39H2,1-2H3,(H,42,46)(H,43,45)(H,47,48). The van der Waals surface area contributed by atoms with Gasteiger partial charge in [-0.1, -0.05) is 93.1 Å². The van der Waals surface area contributed by atoms with E-state index in [9.17, 15) is 24.6 Å². The van der Waals surface area contributed by atoms with E-state index in [2.05, 4.69) is 51.6 Å². The average Bonchev–Trinajstić information content (AvgIpc) is 3.06. The molecule has 0 heterocycles. The number of rotatable bonds is 22. The Morgan fingerprint density at radius 2 is 1.42 bits per heavy atom. The van der Waals surface area contributed by atoms with E-state index in [-0.39, 0.29) is 18.5 Å². The Balaban J connectivity index is 1.63. The highest BCUT2D eigenvalue weighted by Crippen LogP contribution is 2.16. The molecular weight excluding hydrogens is 608 g/mol. The van der Waals surface area contributed by atoms with Crippen molar-refractivity contribution in [3.05, 3.63) is 83.9 Å². The van der Waals surface area contributed by atoms with Crippen LogP contribution in [0.5, 0.6) is 0 Å². The van der Waals surface area contributed by atoms with E-state index in [1.807, 2.05) is 56.3 Å². The van der Waals surface area contributed by atoms with Crippen molar-refractivity contribution in [3.8, 4) is 0 Å². The van der Waals surface area contributed by atoms with Gasteiger partial charge in [0.05, 0.1) is 12.6 Å². The first-order valence-electron chi connectivity index (χ1n) is 17.0. The van der Waals surface area contributed by atoms with E-state index in [1.165, 1.54) is 0 Å². The molecule has 0 fully saturated rings. The van der Waals surface area contributed by atoms with E-state index < -0.39 is 48.6 Å². The van der Waals surface area contributed by atoms with E-state index in [0.717, 1.165) is 28.3 Å². The fourth-order valence-electron chi connectivity index (χ4n) is 5.72. The summed E-state index contributed by atoms with van der Waals surface area (Å²) in [5, 5.41) is 34.2. The number of nitrogens with two attached hydrogens (primary N) is 2. The van der Waals surface area contributed by atoms with Crippen molar-refractivity contribution >= 4 is 28.6 Å². The Kier molecular flexibility index (Phi) is 16.5. The van der Waals surface area contributed by atoms with Crippen LogP contribution in [-0.2, 0) is 27.2 Å². The number of aliphatic hydroxyl groups is 1. The van der Waals surface area contributed by atoms with Crippen LogP contribution < -0.4 is 32.7 Å². The third-order valence-corrected chi connectivity index (χ3v) is 8.30. The number of benzene rings is 3. The summed E-state index contributed by atoms with van der Waals surface area (Å²) in [6, 6.07) is 20.5. The second kappa shape index (κ2) is 20.5. The molecule has 0 aliphatic heterocycles. The molecule has 3 rings (SSSR count). The van der Waals surface area contributed by atoms with Gasteiger partial charge in [0, 0.05) is 25.2 Å². The zero-order valence-corrected chi connectivity index (χ0v) is 28.2. The highest BCUT2D eigenvalue weighted by atomic mass is 16.4.